The van der Waals surface area contributed by atoms with Gasteiger partial charge in [0, 0.05) is 78.6 Å². The van der Waals surface area contributed by atoms with Crippen molar-refractivity contribution in [3.63, 3.8) is 0 Å². The van der Waals surface area contributed by atoms with Crippen molar-refractivity contribution in [1.29, 1.82) is 0 Å². The number of ether oxygens (including phenoxy) is 5. The molecule has 484 valence electrons. The molecule has 88 heavy (non-hydrogen) atoms. The van der Waals surface area contributed by atoms with E-state index in [1.807, 2.05) is 6.92 Å². The van der Waals surface area contributed by atoms with Gasteiger partial charge in [-0.15, -0.1) is 0 Å². The van der Waals surface area contributed by atoms with Crippen LogP contribution < -0.4 is 37.2 Å². The summed E-state index contributed by atoms with van der Waals surface area (Å²) in [5.41, 5.74) is 4.37. The van der Waals surface area contributed by atoms with Gasteiger partial charge in [0.2, 0.25) is 29.5 Å². The number of hydrogen-bond acceptors (Lipinski definition) is 17. The first-order chi connectivity index (χ1) is 41.4. The molecule has 0 aromatic heterocycles. The Hall–Kier alpha value is -7.81. The summed E-state index contributed by atoms with van der Waals surface area (Å²) in [4.78, 5) is 134. The Bertz CT molecular complexity index is 2940. The van der Waals surface area contributed by atoms with E-state index >= 15 is 0 Å². The third-order valence-corrected chi connectivity index (χ3v) is 16.3. The van der Waals surface area contributed by atoms with Crippen LogP contribution in [0.1, 0.15) is 117 Å². The second-order valence-electron chi connectivity index (χ2n) is 23.3. The van der Waals surface area contributed by atoms with Crippen molar-refractivity contribution in [2.75, 3.05) is 51.6 Å². The normalized spacial score (nSPS) is 23.8. The van der Waals surface area contributed by atoms with Crippen LogP contribution in [0.4, 0.5) is 25.8 Å². The maximum atomic E-state index is 14.3. The van der Waals surface area contributed by atoms with E-state index in [4.69, 9.17) is 41.0 Å². The molecule has 3 aliphatic rings. The zero-order chi connectivity index (χ0) is 65.4. The summed E-state index contributed by atoms with van der Waals surface area (Å²) in [6.45, 7) is 11.4. The lowest BCUT2D eigenvalue weighted by Gasteiger charge is -2.42. The number of amides is 9. The minimum Gasteiger partial charge on any atom is -0.506 e. The Morgan fingerprint density at radius 3 is 2.31 bits per heavy atom. The van der Waals surface area contributed by atoms with Gasteiger partial charge in [-0.2, -0.15) is 0 Å². The molecule has 0 radical (unpaired) electrons. The number of fused-ring (bicyclic) bond motifs is 5. The zero-order valence-corrected chi connectivity index (χ0v) is 52.7. The molecule has 2 fully saturated rings. The van der Waals surface area contributed by atoms with Crippen molar-refractivity contribution < 1.29 is 81.8 Å². The predicted molar refractivity (Wildman–Crippen MR) is 323 cm³/mol. The van der Waals surface area contributed by atoms with Crippen molar-refractivity contribution >= 4 is 82.5 Å². The number of nitrogens with two attached hydrogens (primary N) is 1. The number of epoxide rings is 1. The Balaban J connectivity index is 1.20. The summed E-state index contributed by atoms with van der Waals surface area (Å²) >= 11 is 6.59. The number of alkyl carbamates (subject to hydrolysis) is 1. The van der Waals surface area contributed by atoms with E-state index in [0.717, 1.165) is 10.5 Å². The number of nitrogens with zero attached hydrogens (tertiary/aromatic N) is 3. The van der Waals surface area contributed by atoms with Crippen molar-refractivity contribution in [2.24, 2.45) is 17.6 Å². The number of Topliss-reactive ketones (excluding diaryl/α,β-unsaturated/α-hetero) is 1. The summed E-state index contributed by atoms with van der Waals surface area (Å²) in [6.07, 6.45) is 0.528. The van der Waals surface area contributed by atoms with Crippen LogP contribution in [0.3, 0.4) is 0 Å². The summed E-state index contributed by atoms with van der Waals surface area (Å²) in [7, 11) is 5.64. The average Bonchev–Trinajstić information content (AvgIpc) is 1.58. The third kappa shape index (κ3) is 19.9. The summed E-state index contributed by atoms with van der Waals surface area (Å²) in [5, 5.41) is 35.8. The number of rotatable bonds is 24. The fraction of sp³-hybridized carbons (Fsp3) is 0.574. The van der Waals surface area contributed by atoms with Crippen LogP contribution in [0, 0.1) is 11.8 Å². The van der Waals surface area contributed by atoms with Crippen LogP contribution in [0.2, 0.25) is 5.02 Å². The number of primary amides is 1. The molecule has 9 amide bonds. The van der Waals surface area contributed by atoms with E-state index < -0.39 is 114 Å². The van der Waals surface area contributed by atoms with Gasteiger partial charge in [-0.25, -0.2) is 19.2 Å². The van der Waals surface area contributed by atoms with E-state index in [1.54, 1.807) is 76.3 Å². The largest absolute Gasteiger partial charge is 0.506 e. The number of nitrogens with one attached hydrogen (secondary N) is 5. The van der Waals surface area contributed by atoms with Crippen LogP contribution in [0.5, 0.6) is 5.75 Å². The molecule has 2 saturated heterocycles. The van der Waals surface area contributed by atoms with E-state index in [1.165, 1.54) is 58.0 Å². The third-order valence-electron chi connectivity index (χ3n) is 15.9. The van der Waals surface area contributed by atoms with Gasteiger partial charge in [-0.3, -0.25) is 29.3 Å². The summed E-state index contributed by atoms with van der Waals surface area (Å²) in [6, 6.07) is 5.40. The molecule has 2 aromatic carbocycles. The molecule has 0 unspecified atom stereocenters. The first-order valence-electron chi connectivity index (χ1n) is 29.3. The summed E-state index contributed by atoms with van der Waals surface area (Å²) in [5.74, 6) is -4.84. The molecule has 3 aliphatic heterocycles. The lowest BCUT2D eigenvalue weighted by atomic mass is 9.83. The number of halogens is 1. The lowest BCUT2D eigenvalue weighted by Crippen LogP contribution is -2.63. The number of carbonyl (C=O) groups excluding carboxylic acids is 10. The first-order valence-corrected chi connectivity index (χ1v) is 29.7. The van der Waals surface area contributed by atoms with Crippen LogP contribution in [0.15, 0.2) is 60.2 Å². The molecular weight excluding hydrogens is 1170 g/mol. The van der Waals surface area contributed by atoms with Crippen molar-refractivity contribution in [2.45, 2.75) is 173 Å². The van der Waals surface area contributed by atoms with Gasteiger partial charge in [0.15, 0.2) is 5.72 Å². The number of aromatic hydroxyl groups is 1. The van der Waals surface area contributed by atoms with E-state index in [9.17, 15) is 58.2 Å². The van der Waals surface area contributed by atoms with E-state index in [0.29, 0.717) is 42.5 Å². The maximum Gasteiger partial charge on any atom is 0.409 e. The number of methoxy groups -OCH3 is 1. The molecule has 27 heteroatoms. The highest BCUT2D eigenvalue weighted by atomic mass is 35.5. The van der Waals surface area contributed by atoms with Crippen molar-refractivity contribution in [3.8, 4) is 5.75 Å². The highest BCUT2D eigenvalue weighted by Crippen LogP contribution is 2.49. The van der Waals surface area contributed by atoms with Gasteiger partial charge in [0.05, 0.1) is 18.2 Å². The Labute approximate surface area is 517 Å². The van der Waals surface area contributed by atoms with E-state index in [2.05, 4.69) is 26.6 Å². The number of phenolic OH excluding ortho intramolecular Hbond substituents is 1. The molecule has 0 aliphatic carbocycles. The van der Waals surface area contributed by atoms with Gasteiger partial charge in [0.1, 0.15) is 65.2 Å². The Morgan fingerprint density at radius 1 is 0.977 bits per heavy atom. The molecule has 0 spiro atoms. The molecule has 3 heterocycles. The number of ketones is 1. The number of allylic oxidation sites excluding steroid dienone is 3. The van der Waals surface area contributed by atoms with Gasteiger partial charge >= 0.3 is 24.2 Å². The SMILES string of the molecule is CO[C@@H]1/C=C/C=C(\C)Cc2cc(O)c(Cl)c(c2)N(C)C(=O)C[C@H](OC(=O)[C@H](C)N(C)C(=O)CCN(C)C(=O)OCc2ccc(NC(=O)[C@H](CCCNC(N)=O)NC(=O)[C@@H](NC(=O)CCCCC(C)=O)C(C)C)cc2)[C@]2(C)O[C@H]2[C@H](C)[C@@H]2C[C@@]1(O)NC(=O)O2. The number of aliphatic hydroxyl groups is 1. The topological polar surface area (TPSA) is 356 Å². The Morgan fingerprint density at radius 2 is 1.66 bits per heavy atom. The van der Waals surface area contributed by atoms with Gasteiger partial charge < -0.3 is 80.4 Å². The number of anilines is 2. The molecule has 0 saturated carbocycles. The number of phenols is 1. The van der Waals surface area contributed by atoms with Crippen LogP contribution in [0.25, 0.3) is 0 Å². The molecular formula is C61H86ClN9O17. The fourth-order valence-corrected chi connectivity index (χ4v) is 10.5. The van der Waals surface area contributed by atoms with Crippen LogP contribution in [-0.2, 0) is 70.3 Å². The quantitative estimate of drug-likeness (QED) is 0.0296. The van der Waals surface area contributed by atoms with Crippen LogP contribution in [-0.4, -0.2) is 175 Å². The smallest absolute Gasteiger partial charge is 0.409 e. The van der Waals surface area contributed by atoms with Gasteiger partial charge in [0.25, 0.3) is 0 Å². The number of likely N-dealkylation sites (N-methyl/N-ethyl adjacent to an activating group) is 1. The highest BCUT2D eigenvalue weighted by Gasteiger charge is 2.64. The molecule has 2 aromatic rings. The number of hydrogen-bond donors (Lipinski definition) is 8. The molecule has 10 atom stereocenters. The monoisotopic (exact) mass is 1250 g/mol. The average molecular weight is 1250 g/mol. The lowest BCUT2D eigenvalue weighted by molar-refractivity contribution is -0.162. The second-order valence-corrected chi connectivity index (χ2v) is 23.7. The number of esters is 1. The predicted octanol–water partition coefficient (Wildman–Crippen LogP) is 5.03. The minimum atomic E-state index is -1.92. The van der Waals surface area contributed by atoms with Crippen molar-refractivity contribution in [1.82, 2.24) is 31.1 Å². The Kier molecular flexibility index (Phi) is 25.7. The zero-order valence-electron chi connectivity index (χ0n) is 51.9. The molecule has 4 bridgehead atoms. The number of unbranched alkanes of at least 4 members (excludes halogenated alkanes) is 1. The molecule has 5 rings (SSSR count). The first kappa shape index (κ1) is 70.9. The van der Waals surface area contributed by atoms with Gasteiger partial charge in [-0.05, 0) is 101 Å². The molecule has 26 nitrogen and oxygen atoms in total. The standard InChI is InChI=1S/C61H86ClN9O17/c1-34(2)52(67-48(74)20-13-12-17-36(4)72)55(78)66-42(18-15-26-64-57(63)80)54(77)65-41-23-21-39(22-24-41)33-85-59(82)69(8)27-25-49(75)70(9)38(6)56(79)87-47-31-50(76)71(10)43-29-40(30-44(73)51(43)62)28-35(3)16-14-19-46(84-11)61(83)32-45(86-58(81)68-61)37(5)53-60(47,7)88-53/h14,16,19,21-24,29-30,34,37-38,42,45-47,52-53,73,83H,12-13,15,17-18,20,25-28,31-33H2,1-11H3,(H,65,77)(H,66,78)(H,67,74)(H,68,81)(H3,63,64,80)/b19-14+,35-16+/t37-,38+,42+,45+,46-,47+,52+,53+,60+,61+/m1/s1. The number of carbonyl (C=O) groups is 10. The fourth-order valence-electron chi connectivity index (χ4n) is 10.3. The second kappa shape index (κ2) is 31.9. The number of urea groups is 1. The summed E-state index contributed by atoms with van der Waals surface area (Å²) < 4.78 is 29.2. The maximum absolute atomic E-state index is 14.3. The van der Waals surface area contributed by atoms with Crippen molar-refractivity contribution in [3.05, 3.63) is 76.3 Å². The van der Waals surface area contributed by atoms with Crippen LogP contribution >= 0.6 is 11.6 Å². The minimum absolute atomic E-state index is 0.0162. The van der Waals surface area contributed by atoms with Gasteiger partial charge in [-0.1, -0.05) is 68.3 Å². The highest BCUT2D eigenvalue weighted by molar-refractivity contribution is 6.35. The molecule has 9 N–H and O–H groups in total. The van der Waals surface area contributed by atoms with E-state index in [-0.39, 0.29) is 85.9 Å². The number of benzene rings is 2.